The van der Waals surface area contributed by atoms with Crippen molar-refractivity contribution in [3.8, 4) is 0 Å². The molecule has 0 atom stereocenters. The minimum absolute atomic E-state index is 0.140. The third-order valence-electron chi connectivity index (χ3n) is 2.30. The Bertz CT molecular complexity index is 336. The molecule has 0 radical (unpaired) electrons. The highest BCUT2D eigenvalue weighted by Gasteiger charge is 2.12. The van der Waals surface area contributed by atoms with E-state index >= 15 is 0 Å². The average Bonchev–Trinajstić information content (AvgIpc) is 2.29. The van der Waals surface area contributed by atoms with E-state index in [0.717, 1.165) is 5.69 Å². The molecule has 0 saturated heterocycles. The van der Waals surface area contributed by atoms with Gasteiger partial charge >= 0.3 is 0 Å². The molecule has 1 heterocycles. The minimum atomic E-state index is -2.41. The van der Waals surface area contributed by atoms with E-state index in [0.29, 0.717) is 12.2 Å². The number of rotatable bonds is 7. The lowest BCUT2D eigenvalue weighted by molar-refractivity contribution is 0.0740. The summed E-state index contributed by atoms with van der Waals surface area (Å²) in [5, 5.41) is 11.8. The van der Waals surface area contributed by atoms with Crippen molar-refractivity contribution in [3.05, 3.63) is 24.0 Å². The number of alkyl halides is 2. The van der Waals surface area contributed by atoms with Gasteiger partial charge in [0.05, 0.1) is 18.8 Å². The molecule has 0 fully saturated rings. The minimum Gasteiger partial charge on any atom is -0.395 e. The molecule has 0 bridgehead atoms. The summed E-state index contributed by atoms with van der Waals surface area (Å²) in [7, 11) is 1.78. The predicted molar refractivity (Wildman–Crippen MR) is 62.2 cm³/mol. The van der Waals surface area contributed by atoms with Crippen LogP contribution in [0.3, 0.4) is 0 Å². The van der Waals surface area contributed by atoms with Gasteiger partial charge in [0.25, 0.3) is 6.43 Å². The maximum absolute atomic E-state index is 12.3. The van der Waals surface area contributed by atoms with E-state index in [9.17, 15) is 8.78 Å². The van der Waals surface area contributed by atoms with Crippen LogP contribution in [-0.4, -0.2) is 48.2 Å². The van der Waals surface area contributed by atoms with Crippen molar-refractivity contribution in [2.45, 2.75) is 13.0 Å². The van der Waals surface area contributed by atoms with Gasteiger partial charge < -0.3 is 10.4 Å². The molecular formula is C11H17F2N3O. The number of aliphatic hydroxyl groups excluding tert-OH is 1. The maximum atomic E-state index is 12.3. The molecule has 0 aliphatic carbocycles. The fraction of sp³-hybridized carbons (Fsp3) is 0.545. The second-order valence-corrected chi connectivity index (χ2v) is 3.64. The molecule has 0 aliphatic heterocycles. The average molecular weight is 245 g/mol. The number of hydrogen-bond acceptors (Lipinski definition) is 4. The van der Waals surface area contributed by atoms with Gasteiger partial charge in [0.1, 0.15) is 0 Å². The van der Waals surface area contributed by atoms with E-state index in [1.807, 2.05) is 0 Å². The molecule has 0 aromatic carbocycles. The third-order valence-corrected chi connectivity index (χ3v) is 2.30. The Kier molecular flexibility index (Phi) is 5.79. The van der Waals surface area contributed by atoms with Crippen molar-refractivity contribution in [1.82, 2.24) is 9.88 Å². The zero-order valence-corrected chi connectivity index (χ0v) is 9.74. The molecule has 0 unspecified atom stereocenters. The van der Waals surface area contributed by atoms with E-state index in [4.69, 9.17) is 5.11 Å². The van der Waals surface area contributed by atoms with Crippen LogP contribution in [0.2, 0.25) is 0 Å². The first-order valence-electron chi connectivity index (χ1n) is 5.39. The Morgan fingerprint density at radius 3 is 2.88 bits per heavy atom. The second kappa shape index (κ2) is 7.13. The fourth-order valence-electron chi connectivity index (χ4n) is 1.52. The van der Waals surface area contributed by atoms with Gasteiger partial charge in [-0.15, -0.1) is 0 Å². The van der Waals surface area contributed by atoms with Crippen molar-refractivity contribution in [2.75, 3.05) is 32.1 Å². The van der Waals surface area contributed by atoms with Gasteiger partial charge in [0.2, 0.25) is 0 Å². The molecule has 0 spiro atoms. The van der Waals surface area contributed by atoms with Crippen LogP contribution in [0.25, 0.3) is 0 Å². The first-order valence-corrected chi connectivity index (χ1v) is 5.39. The van der Waals surface area contributed by atoms with Gasteiger partial charge in [0.15, 0.2) is 0 Å². The second-order valence-electron chi connectivity index (χ2n) is 3.64. The molecule has 1 aromatic rings. The SMILES string of the molecule is CNc1ccnc(CN(CCO)CC(F)F)c1. The zero-order chi connectivity index (χ0) is 12.7. The normalized spacial score (nSPS) is 11.2. The van der Waals surface area contributed by atoms with Crippen LogP contribution in [0.5, 0.6) is 0 Å². The van der Waals surface area contributed by atoms with Crippen LogP contribution >= 0.6 is 0 Å². The van der Waals surface area contributed by atoms with E-state index in [-0.39, 0.29) is 19.7 Å². The maximum Gasteiger partial charge on any atom is 0.251 e. The van der Waals surface area contributed by atoms with Gasteiger partial charge in [-0.1, -0.05) is 0 Å². The molecule has 17 heavy (non-hydrogen) atoms. The molecule has 0 saturated carbocycles. The molecule has 0 amide bonds. The molecule has 1 rings (SSSR count). The van der Waals surface area contributed by atoms with E-state index in [2.05, 4.69) is 10.3 Å². The van der Waals surface area contributed by atoms with Crippen LogP contribution in [0.4, 0.5) is 14.5 Å². The molecule has 1 aromatic heterocycles. The third kappa shape index (κ3) is 5.06. The molecular weight excluding hydrogens is 228 g/mol. The van der Waals surface area contributed by atoms with Crippen LogP contribution in [0.1, 0.15) is 5.69 Å². The Morgan fingerprint density at radius 2 is 2.29 bits per heavy atom. The number of nitrogens with one attached hydrogen (secondary N) is 1. The monoisotopic (exact) mass is 245 g/mol. The van der Waals surface area contributed by atoms with Gasteiger partial charge in [-0.2, -0.15) is 0 Å². The van der Waals surface area contributed by atoms with Crippen molar-refractivity contribution in [1.29, 1.82) is 0 Å². The summed E-state index contributed by atoms with van der Waals surface area (Å²) in [6.07, 6.45) is -0.783. The molecule has 96 valence electrons. The molecule has 0 aliphatic rings. The van der Waals surface area contributed by atoms with Crippen molar-refractivity contribution in [3.63, 3.8) is 0 Å². The topological polar surface area (TPSA) is 48.4 Å². The lowest BCUT2D eigenvalue weighted by Crippen LogP contribution is -2.31. The molecule has 6 heteroatoms. The number of halogens is 2. The summed E-state index contributed by atoms with van der Waals surface area (Å²) in [4.78, 5) is 5.59. The lowest BCUT2D eigenvalue weighted by atomic mass is 10.3. The number of nitrogens with zero attached hydrogens (tertiary/aromatic N) is 2. The Hall–Kier alpha value is -1.27. The van der Waals surface area contributed by atoms with Crippen LogP contribution < -0.4 is 5.32 Å². The van der Waals surface area contributed by atoms with Crippen molar-refractivity contribution >= 4 is 5.69 Å². The number of aliphatic hydroxyl groups is 1. The van der Waals surface area contributed by atoms with Gasteiger partial charge in [-0.05, 0) is 12.1 Å². The summed E-state index contributed by atoms with van der Waals surface area (Å²) in [5.41, 5.74) is 1.59. The highest BCUT2D eigenvalue weighted by molar-refractivity contribution is 5.42. The number of aromatic nitrogens is 1. The largest absolute Gasteiger partial charge is 0.395 e. The predicted octanol–water partition coefficient (Wildman–Crippen LogP) is 1.18. The fourth-order valence-corrected chi connectivity index (χ4v) is 1.52. The zero-order valence-electron chi connectivity index (χ0n) is 9.74. The Labute approximate surface area is 99.3 Å². The van der Waals surface area contributed by atoms with Crippen molar-refractivity contribution < 1.29 is 13.9 Å². The number of anilines is 1. The standard InChI is InChI=1S/C11H17F2N3O/c1-14-9-2-3-15-10(6-9)7-16(4-5-17)8-11(12)13/h2-3,6,11,17H,4-5,7-8H2,1H3,(H,14,15). The molecule has 2 N–H and O–H groups in total. The van der Waals surface area contributed by atoms with Crippen LogP contribution in [-0.2, 0) is 6.54 Å². The van der Waals surface area contributed by atoms with Gasteiger partial charge in [-0.3, -0.25) is 9.88 Å². The van der Waals surface area contributed by atoms with Gasteiger partial charge in [0, 0.05) is 32.0 Å². The Balaban J connectivity index is 2.64. The van der Waals surface area contributed by atoms with Gasteiger partial charge in [-0.25, -0.2) is 8.78 Å². The number of pyridine rings is 1. The summed E-state index contributed by atoms with van der Waals surface area (Å²) < 4.78 is 24.6. The summed E-state index contributed by atoms with van der Waals surface area (Å²) >= 11 is 0. The van der Waals surface area contributed by atoms with Crippen LogP contribution in [0.15, 0.2) is 18.3 Å². The quantitative estimate of drug-likeness (QED) is 0.757. The summed E-state index contributed by atoms with van der Waals surface area (Å²) in [6.45, 7) is 0.0285. The smallest absolute Gasteiger partial charge is 0.251 e. The van der Waals surface area contributed by atoms with Crippen LogP contribution in [0, 0.1) is 0 Å². The van der Waals surface area contributed by atoms with E-state index < -0.39 is 6.43 Å². The number of hydrogen-bond donors (Lipinski definition) is 2. The highest BCUT2D eigenvalue weighted by atomic mass is 19.3. The highest BCUT2D eigenvalue weighted by Crippen LogP contribution is 2.10. The summed E-state index contributed by atoms with van der Waals surface area (Å²) in [6, 6.07) is 3.60. The molecule has 4 nitrogen and oxygen atoms in total. The van der Waals surface area contributed by atoms with E-state index in [1.54, 1.807) is 25.4 Å². The van der Waals surface area contributed by atoms with Crippen molar-refractivity contribution in [2.24, 2.45) is 0 Å². The first-order chi connectivity index (χ1) is 8.15. The first kappa shape index (κ1) is 13.8. The van der Waals surface area contributed by atoms with E-state index in [1.165, 1.54) is 4.90 Å². The Morgan fingerprint density at radius 1 is 1.53 bits per heavy atom. The lowest BCUT2D eigenvalue weighted by Gasteiger charge is -2.20. The summed E-state index contributed by atoms with van der Waals surface area (Å²) in [5.74, 6) is 0.